The van der Waals surface area contributed by atoms with Crippen molar-refractivity contribution in [2.45, 2.75) is 71.1 Å². The molecule has 8 nitrogen and oxygen atoms in total. The highest BCUT2D eigenvalue weighted by Crippen LogP contribution is 2.38. The van der Waals surface area contributed by atoms with E-state index in [1.54, 1.807) is 36.5 Å². The van der Waals surface area contributed by atoms with Crippen LogP contribution in [0.4, 0.5) is 0 Å². The number of nitrogens with zero attached hydrogens (tertiary/aromatic N) is 4. The summed E-state index contributed by atoms with van der Waals surface area (Å²) >= 11 is 0. The van der Waals surface area contributed by atoms with Gasteiger partial charge in [-0.15, -0.1) is 0 Å². The lowest BCUT2D eigenvalue weighted by atomic mass is 9.95. The van der Waals surface area contributed by atoms with Crippen molar-refractivity contribution < 1.29 is 17.9 Å². The first-order chi connectivity index (χ1) is 20.9. The second-order valence-corrected chi connectivity index (χ2v) is 19.9. The maximum absolute atomic E-state index is 13.9. The first-order valence-electron chi connectivity index (χ1n) is 14.9. The fourth-order valence-electron chi connectivity index (χ4n) is 5.61. The first kappa shape index (κ1) is 31.7. The van der Waals surface area contributed by atoms with Crippen molar-refractivity contribution in [1.82, 2.24) is 13.5 Å². The highest BCUT2D eigenvalue weighted by Gasteiger charge is 2.29. The van der Waals surface area contributed by atoms with Gasteiger partial charge in [-0.05, 0) is 81.3 Å². The molecule has 1 atom stereocenters. The molecule has 0 fully saturated rings. The fraction of sp³-hybridized carbons (Fsp3) is 0.353. The summed E-state index contributed by atoms with van der Waals surface area (Å²) in [5, 5.41) is 10.4. The Kier molecular flexibility index (Phi) is 8.87. The van der Waals surface area contributed by atoms with Crippen LogP contribution in [-0.2, 0) is 26.2 Å². The van der Waals surface area contributed by atoms with Gasteiger partial charge in [0, 0.05) is 38.4 Å². The molecule has 0 aliphatic rings. The molecule has 3 aromatic carbocycles. The van der Waals surface area contributed by atoms with E-state index < -0.39 is 24.2 Å². The van der Waals surface area contributed by atoms with Gasteiger partial charge in [0.25, 0.3) is 10.0 Å². The topological polar surface area (TPSA) is 99.1 Å². The van der Waals surface area contributed by atoms with Crippen LogP contribution in [-0.4, -0.2) is 43.2 Å². The van der Waals surface area contributed by atoms with Gasteiger partial charge in [-0.3, -0.25) is 0 Å². The van der Waals surface area contributed by atoms with Crippen LogP contribution < -0.4 is 0 Å². The number of imidazole rings is 1. The minimum absolute atomic E-state index is 0.231. The Morgan fingerprint density at radius 1 is 1.00 bits per heavy atom. The highest BCUT2D eigenvalue weighted by atomic mass is 32.2. The predicted octanol–water partition coefficient (Wildman–Crippen LogP) is 7.46. The van der Waals surface area contributed by atoms with Crippen molar-refractivity contribution in [3.8, 4) is 6.07 Å². The van der Waals surface area contributed by atoms with Crippen LogP contribution in [0.15, 0.2) is 65.7 Å². The minimum atomic E-state index is -3.85. The largest absolute Gasteiger partial charge is 0.366 e. The van der Waals surface area contributed by atoms with Crippen LogP contribution in [0.2, 0.25) is 25.7 Å². The van der Waals surface area contributed by atoms with Gasteiger partial charge in [0.15, 0.2) is 0 Å². The van der Waals surface area contributed by atoms with E-state index in [-0.39, 0.29) is 11.6 Å². The lowest BCUT2D eigenvalue weighted by Crippen LogP contribution is -2.22. The van der Waals surface area contributed by atoms with Gasteiger partial charge in [0.2, 0.25) is 0 Å². The molecule has 0 N–H and O–H groups in total. The second kappa shape index (κ2) is 12.3. The van der Waals surface area contributed by atoms with Crippen molar-refractivity contribution in [2.24, 2.45) is 0 Å². The van der Waals surface area contributed by atoms with Crippen LogP contribution in [0.5, 0.6) is 0 Å². The first-order valence-corrected chi connectivity index (χ1v) is 20.0. The minimum Gasteiger partial charge on any atom is -0.366 e. The summed E-state index contributed by atoms with van der Waals surface area (Å²) in [7, 11) is -5.15. The van der Waals surface area contributed by atoms with Crippen molar-refractivity contribution in [1.29, 1.82) is 5.26 Å². The molecule has 10 heteroatoms. The smallest absolute Gasteiger partial charge is 0.268 e. The Labute approximate surface area is 260 Å². The number of ether oxygens (including phenoxy) is 2. The quantitative estimate of drug-likeness (QED) is 0.111. The summed E-state index contributed by atoms with van der Waals surface area (Å²) in [4.78, 5) is 5.26. The number of aromatic nitrogens is 3. The van der Waals surface area contributed by atoms with E-state index in [0.29, 0.717) is 30.1 Å². The molecule has 2 heterocycles. The number of hydrogen-bond donors (Lipinski definition) is 0. The average Bonchev–Trinajstić information content (AvgIpc) is 3.57. The van der Waals surface area contributed by atoms with E-state index in [2.05, 4.69) is 25.7 Å². The number of nitriles is 1. The second-order valence-electron chi connectivity index (χ2n) is 12.5. The lowest BCUT2D eigenvalue weighted by Gasteiger charge is -2.23. The van der Waals surface area contributed by atoms with Crippen molar-refractivity contribution in [3.05, 3.63) is 94.4 Å². The maximum atomic E-state index is 13.9. The summed E-state index contributed by atoms with van der Waals surface area (Å²) in [6, 6.07) is 19.5. The van der Waals surface area contributed by atoms with Crippen LogP contribution >= 0.6 is 0 Å². The van der Waals surface area contributed by atoms with Gasteiger partial charge in [-0.2, -0.15) is 5.26 Å². The molecule has 0 bridgehead atoms. The van der Waals surface area contributed by atoms with E-state index in [0.717, 1.165) is 44.7 Å². The summed E-state index contributed by atoms with van der Waals surface area (Å²) in [5.74, 6) is 0.646. The zero-order chi connectivity index (χ0) is 31.8. The summed E-state index contributed by atoms with van der Waals surface area (Å²) in [5.41, 5.74) is 6.32. The van der Waals surface area contributed by atoms with Crippen LogP contribution in [0.25, 0.3) is 21.9 Å². The SMILES string of the molecule is CCOC(c1c(C)cc(C)c2c1ccn2S(=O)(=O)c1ccc(C)cc1)c1nc2ccc(C#N)cc2n1COCC[Si](C)(C)C. The molecule has 0 aliphatic heterocycles. The average molecular weight is 629 g/mol. The van der Waals surface area contributed by atoms with E-state index in [1.165, 1.54) is 3.97 Å². The number of benzene rings is 3. The maximum Gasteiger partial charge on any atom is 0.268 e. The number of hydrogen-bond acceptors (Lipinski definition) is 6. The molecule has 230 valence electrons. The highest BCUT2D eigenvalue weighted by molar-refractivity contribution is 7.90. The van der Waals surface area contributed by atoms with Crippen LogP contribution in [0, 0.1) is 32.1 Å². The monoisotopic (exact) mass is 628 g/mol. The van der Waals surface area contributed by atoms with Crippen LogP contribution in [0.1, 0.15) is 46.7 Å². The van der Waals surface area contributed by atoms with Gasteiger partial charge in [0.1, 0.15) is 18.7 Å². The molecule has 5 aromatic rings. The molecule has 0 saturated heterocycles. The van der Waals surface area contributed by atoms with Crippen molar-refractivity contribution in [2.75, 3.05) is 13.2 Å². The third kappa shape index (κ3) is 6.10. The Morgan fingerprint density at radius 3 is 2.39 bits per heavy atom. The predicted molar refractivity (Wildman–Crippen MR) is 177 cm³/mol. The Bertz CT molecular complexity index is 1980. The molecule has 0 amide bonds. The van der Waals surface area contributed by atoms with Gasteiger partial charge in [-0.1, -0.05) is 43.4 Å². The van der Waals surface area contributed by atoms with Gasteiger partial charge >= 0.3 is 0 Å². The molecule has 1 unspecified atom stereocenters. The van der Waals surface area contributed by atoms with E-state index in [1.807, 2.05) is 56.5 Å². The van der Waals surface area contributed by atoms with Crippen molar-refractivity contribution in [3.63, 3.8) is 0 Å². The standard InChI is InChI=1S/C34H40N4O4SSi/c1-8-42-33(34-36-29-14-11-26(21-35)20-30(29)37(34)22-41-17-18-44(5,6)7)31-24(3)19-25(4)32-28(31)15-16-38(32)43(39,40)27-12-9-23(2)10-13-27/h9-16,19-20,33H,8,17-18,22H2,1-7H3. The number of aryl methyl sites for hydroxylation is 3. The molecule has 0 radical (unpaired) electrons. The van der Waals surface area contributed by atoms with E-state index in [9.17, 15) is 13.7 Å². The zero-order valence-electron chi connectivity index (χ0n) is 26.5. The van der Waals surface area contributed by atoms with Gasteiger partial charge in [-0.25, -0.2) is 17.4 Å². The molecular formula is C34H40N4O4SSi. The zero-order valence-corrected chi connectivity index (χ0v) is 28.3. The molecule has 0 spiro atoms. The molecule has 0 saturated carbocycles. The molecular weight excluding hydrogens is 589 g/mol. The lowest BCUT2D eigenvalue weighted by molar-refractivity contribution is 0.0599. The molecule has 44 heavy (non-hydrogen) atoms. The number of fused-ring (bicyclic) bond motifs is 2. The Balaban J connectivity index is 1.69. The van der Waals surface area contributed by atoms with Gasteiger partial charge < -0.3 is 14.0 Å². The normalized spacial score (nSPS) is 13.0. The molecule has 2 aromatic heterocycles. The van der Waals surface area contributed by atoms with Gasteiger partial charge in [0.05, 0.1) is 33.1 Å². The Morgan fingerprint density at radius 2 is 1.73 bits per heavy atom. The molecule has 5 rings (SSSR count). The molecule has 0 aliphatic carbocycles. The Hall–Kier alpha value is -3.75. The fourth-order valence-corrected chi connectivity index (χ4v) is 7.78. The van der Waals surface area contributed by atoms with Crippen molar-refractivity contribution >= 4 is 40.0 Å². The summed E-state index contributed by atoms with van der Waals surface area (Å²) < 4.78 is 43.8. The summed E-state index contributed by atoms with van der Waals surface area (Å²) in [6.07, 6.45) is 1.01. The summed E-state index contributed by atoms with van der Waals surface area (Å²) in [6.45, 7) is 16.0. The number of rotatable bonds is 11. The van der Waals surface area contributed by atoms with E-state index >= 15 is 0 Å². The van der Waals surface area contributed by atoms with Crippen LogP contribution in [0.3, 0.4) is 0 Å². The van der Waals surface area contributed by atoms with E-state index in [4.69, 9.17) is 14.5 Å². The third-order valence-electron chi connectivity index (χ3n) is 7.91. The third-order valence-corrected chi connectivity index (χ3v) is 11.3.